The molecule has 0 aromatic heterocycles. The standard InChI is InChI=1S/C20H21F2NO3/c1-26-20(25)18(9-5-8-14-6-3-2-4-7-14)23-19(24)12-15-10-16(21)13-17(22)11-15/h2-4,6-7,10-11,13,18H,5,8-9,12H2,1H3,(H,23,24)/t18-/m1/s1. The van der Waals surface area contributed by atoms with Crippen LogP contribution in [-0.4, -0.2) is 25.0 Å². The summed E-state index contributed by atoms with van der Waals surface area (Å²) in [4.78, 5) is 24.0. The summed E-state index contributed by atoms with van der Waals surface area (Å²) in [6.07, 6.45) is 1.63. The van der Waals surface area contributed by atoms with Crippen LogP contribution in [0.1, 0.15) is 24.0 Å². The Morgan fingerprint density at radius 2 is 1.69 bits per heavy atom. The number of rotatable bonds is 8. The first kappa shape index (κ1) is 19.6. The van der Waals surface area contributed by atoms with Crippen molar-refractivity contribution in [3.05, 3.63) is 71.3 Å². The Kier molecular flexibility index (Phi) is 7.26. The molecule has 0 saturated carbocycles. The fourth-order valence-corrected chi connectivity index (χ4v) is 2.69. The number of carbonyl (C=O) groups excluding carboxylic acids is 2. The summed E-state index contributed by atoms with van der Waals surface area (Å²) in [6, 6.07) is 11.9. The van der Waals surface area contributed by atoms with Crippen LogP contribution in [0.3, 0.4) is 0 Å². The van der Waals surface area contributed by atoms with Crippen LogP contribution in [0.25, 0.3) is 0 Å². The van der Waals surface area contributed by atoms with Gasteiger partial charge < -0.3 is 10.1 Å². The Morgan fingerprint density at radius 1 is 1.04 bits per heavy atom. The minimum Gasteiger partial charge on any atom is -0.467 e. The van der Waals surface area contributed by atoms with Gasteiger partial charge >= 0.3 is 5.97 Å². The summed E-state index contributed by atoms with van der Waals surface area (Å²) in [5.74, 6) is -2.54. The molecule has 0 spiro atoms. The number of hydrogen-bond acceptors (Lipinski definition) is 3. The van der Waals surface area contributed by atoms with Crippen LogP contribution in [0.5, 0.6) is 0 Å². The quantitative estimate of drug-likeness (QED) is 0.735. The van der Waals surface area contributed by atoms with Gasteiger partial charge in [-0.15, -0.1) is 0 Å². The summed E-state index contributed by atoms with van der Waals surface area (Å²) >= 11 is 0. The highest BCUT2D eigenvalue weighted by Gasteiger charge is 2.21. The third-order valence-electron chi connectivity index (χ3n) is 3.91. The molecule has 2 aromatic carbocycles. The highest BCUT2D eigenvalue weighted by molar-refractivity contribution is 5.85. The first-order valence-corrected chi connectivity index (χ1v) is 8.34. The van der Waals surface area contributed by atoms with Crippen molar-refractivity contribution in [3.8, 4) is 0 Å². The van der Waals surface area contributed by atoms with E-state index in [1.807, 2.05) is 30.3 Å². The van der Waals surface area contributed by atoms with E-state index in [1.165, 1.54) is 7.11 Å². The second-order valence-electron chi connectivity index (χ2n) is 5.98. The normalized spacial score (nSPS) is 11.7. The maximum Gasteiger partial charge on any atom is 0.328 e. The number of methoxy groups -OCH3 is 1. The Bertz CT molecular complexity index is 730. The summed E-state index contributed by atoms with van der Waals surface area (Å²) < 4.78 is 31.1. The summed E-state index contributed by atoms with van der Waals surface area (Å²) in [5.41, 5.74) is 1.34. The molecule has 0 heterocycles. The van der Waals surface area contributed by atoms with Gasteiger partial charge in [-0.1, -0.05) is 30.3 Å². The maximum absolute atomic E-state index is 13.2. The van der Waals surface area contributed by atoms with Crippen molar-refractivity contribution in [3.63, 3.8) is 0 Å². The predicted molar refractivity (Wildman–Crippen MR) is 93.4 cm³/mol. The van der Waals surface area contributed by atoms with E-state index in [-0.39, 0.29) is 12.0 Å². The fourth-order valence-electron chi connectivity index (χ4n) is 2.69. The lowest BCUT2D eigenvalue weighted by atomic mass is 10.0. The monoisotopic (exact) mass is 361 g/mol. The second-order valence-corrected chi connectivity index (χ2v) is 5.98. The zero-order chi connectivity index (χ0) is 18.9. The predicted octanol–water partition coefficient (Wildman–Crippen LogP) is 3.19. The number of esters is 1. The van der Waals surface area contributed by atoms with Crippen LogP contribution >= 0.6 is 0 Å². The number of hydrogen-bond donors (Lipinski definition) is 1. The second kappa shape index (κ2) is 9.65. The van der Waals surface area contributed by atoms with Crippen LogP contribution in [-0.2, 0) is 27.2 Å². The van der Waals surface area contributed by atoms with Gasteiger partial charge in [-0.2, -0.15) is 0 Å². The summed E-state index contributed by atoms with van der Waals surface area (Å²) in [7, 11) is 1.25. The van der Waals surface area contributed by atoms with Gasteiger partial charge in [0.15, 0.2) is 0 Å². The van der Waals surface area contributed by atoms with Gasteiger partial charge in [0.1, 0.15) is 17.7 Å². The zero-order valence-electron chi connectivity index (χ0n) is 14.5. The molecule has 0 saturated heterocycles. The van der Waals surface area contributed by atoms with E-state index >= 15 is 0 Å². The van der Waals surface area contributed by atoms with E-state index in [2.05, 4.69) is 5.32 Å². The molecule has 2 rings (SSSR count). The lowest BCUT2D eigenvalue weighted by Crippen LogP contribution is -2.42. The molecule has 0 fully saturated rings. The van der Waals surface area contributed by atoms with E-state index in [1.54, 1.807) is 0 Å². The van der Waals surface area contributed by atoms with E-state index < -0.39 is 29.6 Å². The lowest BCUT2D eigenvalue weighted by molar-refractivity contribution is -0.145. The molecule has 0 aliphatic carbocycles. The van der Waals surface area contributed by atoms with Crippen molar-refractivity contribution in [2.75, 3.05) is 7.11 Å². The molecular formula is C20H21F2NO3. The average Bonchev–Trinajstić information content (AvgIpc) is 2.60. The first-order valence-electron chi connectivity index (χ1n) is 8.34. The lowest BCUT2D eigenvalue weighted by Gasteiger charge is -2.16. The molecule has 4 nitrogen and oxygen atoms in total. The molecule has 138 valence electrons. The number of aryl methyl sites for hydroxylation is 1. The molecule has 0 radical (unpaired) electrons. The molecule has 0 bridgehead atoms. The third-order valence-corrected chi connectivity index (χ3v) is 3.91. The molecule has 1 N–H and O–H groups in total. The number of ether oxygens (including phenoxy) is 1. The van der Waals surface area contributed by atoms with Crippen molar-refractivity contribution in [1.29, 1.82) is 0 Å². The molecule has 0 aliphatic rings. The SMILES string of the molecule is COC(=O)[C@@H](CCCc1ccccc1)NC(=O)Cc1cc(F)cc(F)c1. The van der Waals surface area contributed by atoms with E-state index in [4.69, 9.17) is 4.74 Å². The number of halogens is 2. The van der Waals surface area contributed by atoms with Crippen LogP contribution in [0.2, 0.25) is 0 Å². The van der Waals surface area contributed by atoms with Crippen molar-refractivity contribution in [2.45, 2.75) is 31.7 Å². The molecule has 1 atom stereocenters. The highest BCUT2D eigenvalue weighted by Crippen LogP contribution is 2.10. The minimum absolute atomic E-state index is 0.202. The number of amides is 1. The largest absolute Gasteiger partial charge is 0.467 e. The van der Waals surface area contributed by atoms with Crippen molar-refractivity contribution >= 4 is 11.9 Å². The van der Waals surface area contributed by atoms with Crippen LogP contribution in [0.15, 0.2) is 48.5 Å². The van der Waals surface area contributed by atoms with Gasteiger partial charge in [-0.05, 0) is 42.5 Å². The van der Waals surface area contributed by atoms with E-state index in [0.717, 1.165) is 30.2 Å². The van der Waals surface area contributed by atoms with Gasteiger partial charge in [0, 0.05) is 6.07 Å². The van der Waals surface area contributed by atoms with Crippen molar-refractivity contribution in [2.24, 2.45) is 0 Å². The smallest absolute Gasteiger partial charge is 0.328 e. The molecule has 26 heavy (non-hydrogen) atoms. The van der Waals surface area contributed by atoms with Gasteiger partial charge in [-0.25, -0.2) is 13.6 Å². The third kappa shape index (κ3) is 6.27. The average molecular weight is 361 g/mol. The van der Waals surface area contributed by atoms with E-state index in [0.29, 0.717) is 12.8 Å². The van der Waals surface area contributed by atoms with Gasteiger partial charge in [0.2, 0.25) is 5.91 Å². The van der Waals surface area contributed by atoms with Gasteiger partial charge in [0.05, 0.1) is 13.5 Å². The Balaban J connectivity index is 1.91. The highest BCUT2D eigenvalue weighted by atomic mass is 19.1. The van der Waals surface area contributed by atoms with Crippen LogP contribution in [0.4, 0.5) is 8.78 Å². The zero-order valence-corrected chi connectivity index (χ0v) is 14.5. The number of nitrogens with one attached hydrogen (secondary N) is 1. The van der Waals surface area contributed by atoms with Crippen LogP contribution < -0.4 is 5.32 Å². The first-order chi connectivity index (χ1) is 12.5. The Morgan fingerprint density at radius 3 is 2.31 bits per heavy atom. The number of carbonyl (C=O) groups is 2. The fraction of sp³-hybridized carbons (Fsp3) is 0.300. The van der Waals surface area contributed by atoms with E-state index in [9.17, 15) is 18.4 Å². The summed E-state index contributed by atoms with van der Waals surface area (Å²) in [5, 5.41) is 2.58. The van der Waals surface area contributed by atoms with Gasteiger partial charge in [-0.3, -0.25) is 4.79 Å². The number of benzene rings is 2. The Labute approximate surface area is 151 Å². The van der Waals surface area contributed by atoms with Crippen molar-refractivity contribution in [1.82, 2.24) is 5.32 Å². The van der Waals surface area contributed by atoms with Gasteiger partial charge in [0.25, 0.3) is 0 Å². The maximum atomic E-state index is 13.2. The molecule has 6 heteroatoms. The molecule has 2 aromatic rings. The van der Waals surface area contributed by atoms with Crippen LogP contribution in [0, 0.1) is 11.6 Å². The van der Waals surface area contributed by atoms with Crippen molar-refractivity contribution < 1.29 is 23.1 Å². The topological polar surface area (TPSA) is 55.4 Å². The Hall–Kier alpha value is -2.76. The minimum atomic E-state index is -0.797. The molecule has 0 unspecified atom stereocenters. The molecule has 1 amide bonds. The summed E-state index contributed by atoms with van der Waals surface area (Å²) in [6.45, 7) is 0. The molecular weight excluding hydrogens is 340 g/mol. The molecule has 0 aliphatic heterocycles.